The third kappa shape index (κ3) is 5.68. The van der Waals surface area contributed by atoms with Gasteiger partial charge < -0.3 is 14.9 Å². The van der Waals surface area contributed by atoms with E-state index in [2.05, 4.69) is 4.99 Å². The van der Waals surface area contributed by atoms with E-state index in [9.17, 15) is 9.90 Å². The van der Waals surface area contributed by atoms with Crippen molar-refractivity contribution in [3.8, 4) is 5.75 Å². The van der Waals surface area contributed by atoms with Crippen LogP contribution in [0.4, 0.5) is 5.69 Å². The van der Waals surface area contributed by atoms with E-state index in [-0.39, 0.29) is 19.1 Å². The number of ether oxygens (including phenoxy) is 1. The van der Waals surface area contributed by atoms with E-state index in [1.165, 1.54) is 11.8 Å². The van der Waals surface area contributed by atoms with Gasteiger partial charge in [-0.2, -0.15) is 0 Å². The summed E-state index contributed by atoms with van der Waals surface area (Å²) in [6, 6.07) is 12.9. The molecule has 0 bridgehead atoms. The number of carbonyl (C=O) groups is 1. The lowest BCUT2D eigenvalue weighted by Gasteiger charge is -2.18. The summed E-state index contributed by atoms with van der Waals surface area (Å²) in [6.45, 7) is 4.21. The predicted molar refractivity (Wildman–Crippen MR) is 127 cm³/mol. The second-order valence-corrected chi connectivity index (χ2v) is 8.46. The molecule has 1 aliphatic heterocycles. The van der Waals surface area contributed by atoms with Crippen molar-refractivity contribution in [2.24, 2.45) is 4.99 Å². The van der Waals surface area contributed by atoms with Crippen molar-refractivity contribution < 1.29 is 19.7 Å². The number of nitrogens with zero attached hydrogens (tertiary/aromatic N) is 2. The number of aryl methyl sites for hydroxylation is 1. The van der Waals surface area contributed by atoms with E-state index in [0.717, 1.165) is 23.2 Å². The van der Waals surface area contributed by atoms with Gasteiger partial charge in [-0.3, -0.25) is 14.7 Å². The third-order valence-corrected chi connectivity index (χ3v) is 5.83. The molecule has 1 atom stereocenters. The molecule has 1 amide bonds. The Kier molecular flexibility index (Phi) is 8.15. The van der Waals surface area contributed by atoms with Gasteiger partial charge in [0, 0.05) is 6.54 Å². The quantitative estimate of drug-likeness (QED) is 0.575. The number of halogens is 1. The average molecular weight is 461 g/mol. The maximum Gasteiger partial charge on any atom is 0.271 e. The lowest BCUT2D eigenvalue weighted by atomic mass is 10.1. The van der Waals surface area contributed by atoms with Gasteiger partial charge in [-0.15, -0.1) is 0 Å². The van der Waals surface area contributed by atoms with Crippen LogP contribution in [0.3, 0.4) is 0 Å². The highest BCUT2D eigenvalue weighted by Crippen LogP contribution is 2.38. The Morgan fingerprint density at radius 2 is 2.06 bits per heavy atom. The first kappa shape index (κ1) is 23.3. The number of benzene rings is 2. The lowest BCUT2D eigenvalue weighted by Crippen LogP contribution is -2.29. The zero-order valence-electron chi connectivity index (χ0n) is 17.4. The Morgan fingerprint density at radius 1 is 1.29 bits per heavy atom. The van der Waals surface area contributed by atoms with E-state index in [1.807, 2.05) is 38.1 Å². The van der Waals surface area contributed by atoms with Gasteiger partial charge in [-0.05, 0) is 60.5 Å². The minimum atomic E-state index is -0.973. The molecule has 3 rings (SSSR count). The summed E-state index contributed by atoms with van der Waals surface area (Å²) in [7, 11) is 0. The SMILES string of the molecule is CCCN=C1S/C(=C\c2ccc(OC[C@H](O)CO)c(Cl)c2)C(=O)N1c1ccccc1C. The first-order chi connectivity index (χ1) is 14.9. The number of hydrogen-bond donors (Lipinski definition) is 2. The molecule has 0 aliphatic carbocycles. The summed E-state index contributed by atoms with van der Waals surface area (Å²) in [5.74, 6) is 0.269. The number of aliphatic hydroxyl groups excluding tert-OH is 2. The highest BCUT2D eigenvalue weighted by molar-refractivity contribution is 8.19. The van der Waals surface area contributed by atoms with Crippen molar-refractivity contribution in [3.05, 3.63) is 63.5 Å². The van der Waals surface area contributed by atoms with Gasteiger partial charge in [0.05, 0.1) is 22.2 Å². The van der Waals surface area contributed by atoms with Crippen LogP contribution in [-0.2, 0) is 4.79 Å². The molecule has 1 heterocycles. The summed E-state index contributed by atoms with van der Waals surface area (Å²) in [5.41, 5.74) is 2.57. The van der Waals surface area contributed by atoms with Gasteiger partial charge in [-0.1, -0.05) is 42.8 Å². The second kappa shape index (κ2) is 10.8. The minimum Gasteiger partial charge on any atom is -0.489 e. The van der Waals surface area contributed by atoms with Crippen LogP contribution in [0.2, 0.25) is 5.02 Å². The number of aliphatic hydroxyl groups is 2. The standard InChI is InChI=1S/C23H25ClN2O4S/c1-3-10-25-23-26(19-7-5-4-6-15(19)2)22(29)21(31-23)12-16-8-9-20(18(24)11-16)30-14-17(28)13-27/h4-9,11-12,17,27-28H,3,10,13-14H2,1-2H3/b21-12-,25-23?/t17-/m1/s1. The molecule has 0 spiro atoms. The molecule has 0 aromatic heterocycles. The van der Waals surface area contributed by atoms with E-state index in [4.69, 9.17) is 21.4 Å². The summed E-state index contributed by atoms with van der Waals surface area (Å²) in [6.07, 6.45) is 1.70. The van der Waals surface area contributed by atoms with E-state index < -0.39 is 6.10 Å². The van der Waals surface area contributed by atoms with Crippen LogP contribution in [0.25, 0.3) is 6.08 Å². The molecule has 2 N–H and O–H groups in total. The normalized spacial score (nSPS) is 17.6. The number of carbonyl (C=O) groups excluding carboxylic acids is 1. The van der Waals surface area contributed by atoms with Gasteiger partial charge in [0.15, 0.2) is 5.17 Å². The third-order valence-electron chi connectivity index (χ3n) is 4.53. The number of para-hydroxylation sites is 1. The molecule has 0 saturated carbocycles. The summed E-state index contributed by atoms with van der Waals surface area (Å²) in [5, 5.41) is 19.3. The Hall–Kier alpha value is -2.32. The van der Waals surface area contributed by atoms with Crippen LogP contribution in [0.5, 0.6) is 5.75 Å². The molecule has 164 valence electrons. The number of thioether (sulfide) groups is 1. The number of aliphatic imine (C=N–C) groups is 1. The first-order valence-corrected chi connectivity index (χ1v) is 11.2. The lowest BCUT2D eigenvalue weighted by molar-refractivity contribution is -0.113. The first-order valence-electron chi connectivity index (χ1n) is 10.00. The molecule has 8 heteroatoms. The van der Waals surface area contributed by atoms with E-state index in [0.29, 0.717) is 27.4 Å². The van der Waals surface area contributed by atoms with Crippen molar-refractivity contribution in [3.63, 3.8) is 0 Å². The summed E-state index contributed by atoms with van der Waals surface area (Å²) in [4.78, 5) is 20.1. The number of rotatable bonds is 8. The Bertz CT molecular complexity index is 1010. The smallest absolute Gasteiger partial charge is 0.271 e. The van der Waals surface area contributed by atoms with Crippen LogP contribution < -0.4 is 9.64 Å². The predicted octanol–water partition coefficient (Wildman–Crippen LogP) is 4.27. The van der Waals surface area contributed by atoms with Crippen molar-refractivity contribution in [1.29, 1.82) is 0 Å². The molecule has 1 fully saturated rings. The monoisotopic (exact) mass is 460 g/mol. The molecular weight excluding hydrogens is 436 g/mol. The Balaban J connectivity index is 1.88. The van der Waals surface area contributed by atoms with Gasteiger partial charge in [0.1, 0.15) is 18.5 Å². The number of amidine groups is 1. The zero-order chi connectivity index (χ0) is 22.4. The Morgan fingerprint density at radius 3 is 2.74 bits per heavy atom. The van der Waals surface area contributed by atoms with Crippen LogP contribution in [0.1, 0.15) is 24.5 Å². The molecule has 2 aromatic carbocycles. The maximum atomic E-state index is 13.2. The summed E-state index contributed by atoms with van der Waals surface area (Å²) >= 11 is 7.64. The maximum absolute atomic E-state index is 13.2. The van der Waals surface area contributed by atoms with E-state index >= 15 is 0 Å². The molecule has 6 nitrogen and oxygen atoms in total. The molecule has 31 heavy (non-hydrogen) atoms. The summed E-state index contributed by atoms with van der Waals surface area (Å²) < 4.78 is 5.42. The van der Waals surface area contributed by atoms with Crippen molar-refractivity contribution in [1.82, 2.24) is 0 Å². The van der Waals surface area contributed by atoms with Crippen LogP contribution in [0.15, 0.2) is 52.4 Å². The Labute approximate surface area is 191 Å². The van der Waals surface area contributed by atoms with Gasteiger partial charge >= 0.3 is 0 Å². The molecule has 1 saturated heterocycles. The van der Waals surface area contributed by atoms with Crippen molar-refractivity contribution in [2.75, 3.05) is 24.7 Å². The van der Waals surface area contributed by atoms with Crippen molar-refractivity contribution >= 4 is 46.2 Å². The molecule has 2 aromatic rings. The van der Waals surface area contributed by atoms with Crippen LogP contribution in [-0.4, -0.2) is 47.2 Å². The molecular formula is C23H25ClN2O4S. The van der Waals surface area contributed by atoms with Gasteiger partial charge in [-0.25, -0.2) is 0 Å². The molecule has 1 aliphatic rings. The molecule has 0 radical (unpaired) electrons. The highest BCUT2D eigenvalue weighted by atomic mass is 35.5. The number of hydrogen-bond acceptors (Lipinski definition) is 6. The zero-order valence-corrected chi connectivity index (χ0v) is 19.0. The average Bonchev–Trinajstić information content (AvgIpc) is 3.06. The fourth-order valence-electron chi connectivity index (χ4n) is 2.93. The number of anilines is 1. The number of amides is 1. The van der Waals surface area contributed by atoms with Gasteiger partial charge in [0.2, 0.25) is 0 Å². The largest absolute Gasteiger partial charge is 0.489 e. The molecule has 0 unspecified atom stereocenters. The minimum absolute atomic E-state index is 0.0619. The van der Waals surface area contributed by atoms with Crippen molar-refractivity contribution in [2.45, 2.75) is 26.4 Å². The second-order valence-electron chi connectivity index (χ2n) is 7.04. The van der Waals surface area contributed by atoms with E-state index in [1.54, 1.807) is 29.2 Å². The fraction of sp³-hybridized carbons (Fsp3) is 0.304. The fourth-order valence-corrected chi connectivity index (χ4v) is 4.17. The topological polar surface area (TPSA) is 82.4 Å². The highest BCUT2D eigenvalue weighted by Gasteiger charge is 2.35. The van der Waals surface area contributed by atoms with Crippen LogP contribution in [0, 0.1) is 6.92 Å². The van der Waals surface area contributed by atoms with Crippen LogP contribution >= 0.6 is 23.4 Å². The van der Waals surface area contributed by atoms with Gasteiger partial charge in [0.25, 0.3) is 5.91 Å².